The van der Waals surface area contributed by atoms with Crippen molar-refractivity contribution in [2.75, 3.05) is 7.11 Å². The number of methoxy groups -OCH3 is 1. The smallest absolute Gasteiger partial charge is 0.160 e. The minimum absolute atomic E-state index is 0.486. The van der Waals surface area contributed by atoms with Gasteiger partial charge in [0.1, 0.15) is 17.1 Å². The number of ether oxygens (including phenoxy) is 1. The standard InChI is InChI=1S/C17H18N4OS/c1-11-9-14-17(19-10-11)21(8-7-15(18)23)16(20-14)12-3-5-13(22-2)6-4-12/h3-6,9-10H,7-8H2,1-2H3,(H2,18,23). The third-order valence-corrected chi connectivity index (χ3v) is 3.86. The van der Waals surface area contributed by atoms with E-state index in [2.05, 4.69) is 9.55 Å². The van der Waals surface area contributed by atoms with E-state index in [-0.39, 0.29) is 0 Å². The number of imidazole rings is 1. The molecule has 0 aliphatic heterocycles. The fraction of sp³-hybridized carbons (Fsp3) is 0.235. The largest absolute Gasteiger partial charge is 0.497 e. The molecule has 3 rings (SSSR count). The molecule has 2 N–H and O–H groups in total. The highest BCUT2D eigenvalue weighted by molar-refractivity contribution is 7.80. The van der Waals surface area contributed by atoms with Gasteiger partial charge in [0.25, 0.3) is 0 Å². The van der Waals surface area contributed by atoms with Crippen molar-refractivity contribution in [3.8, 4) is 17.1 Å². The topological polar surface area (TPSA) is 66.0 Å². The number of rotatable bonds is 5. The quantitative estimate of drug-likeness (QED) is 0.730. The van der Waals surface area contributed by atoms with Gasteiger partial charge in [-0.3, -0.25) is 0 Å². The molecule has 1 aromatic carbocycles. The summed E-state index contributed by atoms with van der Waals surface area (Å²) in [6, 6.07) is 9.86. The first-order valence-electron chi connectivity index (χ1n) is 7.34. The number of pyridine rings is 1. The Balaban J connectivity index is 2.12. The summed E-state index contributed by atoms with van der Waals surface area (Å²) in [5.74, 6) is 1.67. The number of nitrogens with two attached hydrogens (primary N) is 1. The maximum absolute atomic E-state index is 5.66. The van der Waals surface area contributed by atoms with E-state index in [0.29, 0.717) is 18.0 Å². The van der Waals surface area contributed by atoms with Crippen molar-refractivity contribution < 1.29 is 4.74 Å². The van der Waals surface area contributed by atoms with Crippen LogP contribution in [0.25, 0.3) is 22.6 Å². The SMILES string of the molecule is COc1ccc(-c2nc3cc(C)cnc3n2CCC(N)=S)cc1. The Morgan fingerprint density at radius 3 is 2.70 bits per heavy atom. The highest BCUT2D eigenvalue weighted by Gasteiger charge is 2.14. The van der Waals surface area contributed by atoms with E-state index < -0.39 is 0 Å². The molecule has 23 heavy (non-hydrogen) atoms. The van der Waals surface area contributed by atoms with Crippen LogP contribution in [0.4, 0.5) is 0 Å². The third kappa shape index (κ3) is 3.17. The number of thiocarbonyl (C=S) groups is 1. The van der Waals surface area contributed by atoms with E-state index in [1.165, 1.54) is 0 Å². The number of nitrogens with zero attached hydrogens (tertiary/aromatic N) is 3. The van der Waals surface area contributed by atoms with E-state index in [1.54, 1.807) is 7.11 Å². The first-order chi connectivity index (χ1) is 11.1. The van der Waals surface area contributed by atoms with Gasteiger partial charge < -0.3 is 15.0 Å². The summed E-state index contributed by atoms with van der Waals surface area (Å²) in [5, 5.41) is 0. The molecular formula is C17H18N4OS. The number of benzene rings is 1. The van der Waals surface area contributed by atoms with Crippen molar-refractivity contribution in [1.29, 1.82) is 0 Å². The fourth-order valence-corrected chi connectivity index (χ4v) is 2.60. The predicted molar refractivity (Wildman–Crippen MR) is 95.7 cm³/mol. The summed E-state index contributed by atoms with van der Waals surface area (Å²) in [6.07, 6.45) is 2.46. The van der Waals surface area contributed by atoms with Crippen LogP contribution in [0.2, 0.25) is 0 Å². The van der Waals surface area contributed by atoms with Crippen LogP contribution in [0.3, 0.4) is 0 Å². The summed E-state index contributed by atoms with van der Waals surface area (Å²) in [6.45, 7) is 2.66. The van der Waals surface area contributed by atoms with Gasteiger partial charge in [0.05, 0.1) is 12.1 Å². The van der Waals surface area contributed by atoms with Crippen molar-refractivity contribution in [1.82, 2.24) is 14.5 Å². The van der Waals surface area contributed by atoms with Crippen LogP contribution in [-0.4, -0.2) is 26.6 Å². The number of aryl methyl sites for hydroxylation is 2. The summed E-state index contributed by atoms with van der Waals surface area (Å²) < 4.78 is 7.28. The molecule has 0 radical (unpaired) electrons. The molecule has 118 valence electrons. The molecule has 0 saturated heterocycles. The molecule has 5 nitrogen and oxygen atoms in total. The van der Waals surface area contributed by atoms with E-state index in [1.807, 2.05) is 43.5 Å². The molecule has 0 aliphatic carbocycles. The van der Waals surface area contributed by atoms with Crippen LogP contribution in [0.5, 0.6) is 5.75 Å². The predicted octanol–water partition coefficient (Wildman–Crippen LogP) is 3.09. The molecule has 6 heteroatoms. The lowest BCUT2D eigenvalue weighted by atomic mass is 10.2. The Morgan fingerprint density at radius 2 is 2.04 bits per heavy atom. The molecule has 2 heterocycles. The summed E-state index contributed by atoms with van der Waals surface area (Å²) in [4.78, 5) is 9.77. The fourth-order valence-electron chi connectivity index (χ4n) is 2.51. The zero-order chi connectivity index (χ0) is 16.4. The Kier molecular flexibility index (Phi) is 4.25. The number of hydrogen-bond acceptors (Lipinski definition) is 4. The zero-order valence-corrected chi connectivity index (χ0v) is 13.9. The Hall–Kier alpha value is -2.47. The number of aromatic nitrogens is 3. The Bertz CT molecular complexity index is 855. The lowest BCUT2D eigenvalue weighted by Crippen LogP contribution is -2.12. The molecule has 0 saturated carbocycles. The number of fused-ring (bicyclic) bond motifs is 1. The monoisotopic (exact) mass is 326 g/mol. The highest BCUT2D eigenvalue weighted by Crippen LogP contribution is 2.26. The minimum atomic E-state index is 0.486. The van der Waals surface area contributed by atoms with Gasteiger partial charge in [-0.05, 0) is 42.8 Å². The van der Waals surface area contributed by atoms with Crippen molar-refractivity contribution in [2.45, 2.75) is 19.9 Å². The first-order valence-corrected chi connectivity index (χ1v) is 7.75. The summed E-state index contributed by atoms with van der Waals surface area (Å²) in [7, 11) is 1.65. The van der Waals surface area contributed by atoms with E-state index in [9.17, 15) is 0 Å². The molecule has 0 aliphatic rings. The molecule has 0 unspecified atom stereocenters. The van der Waals surface area contributed by atoms with Crippen LogP contribution < -0.4 is 10.5 Å². The molecular weight excluding hydrogens is 308 g/mol. The van der Waals surface area contributed by atoms with Gasteiger partial charge in [0, 0.05) is 24.7 Å². The van der Waals surface area contributed by atoms with Gasteiger partial charge in [-0.1, -0.05) is 12.2 Å². The summed E-state index contributed by atoms with van der Waals surface area (Å²) in [5.41, 5.74) is 9.47. The second-order valence-electron chi connectivity index (χ2n) is 5.39. The molecule has 2 aromatic heterocycles. The lowest BCUT2D eigenvalue weighted by molar-refractivity contribution is 0.415. The van der Waals surface area contributed by atoms with Gasteiger partial charge in [0.15, 0.2) is 5.65 Å². The number of hydrogen-bond donors (Lipinski definition) is 1. The molecule has 0 atom stereocenters. The molecule has 3 aromatic rings. The van der Waals surface area contributed by atoms with Crippen molar-refractivity contribution in [3.63, 3.8) is 0 Å². The highest BCUT2D eigenvalue weighted by atomic mass is 32.1. The van der Waals surface area contributed by atoms with Gasteiger partial charge >= 0.3 is 0 Å². The van der Waals surface area contributed by atoms with Crippen LogP contribution in [0.1, 0.15) is 12.0 Å². The lowest BCUT2D eigenvalue weighted by Gasteiger charge is -2.09. The average molecular weight is 326 g/mol. The second-order valence-corrected chi connectivity index (χ2v) is 5.91. The van der Waals surface area contributed by atoms with Gasteiger partial charge in [-0.25, -0.2) is 9.97 Å². The molecule has 0 fully saturated rings. The van der Waals surface area contributed by atoms with Crippen LogP contribution in [0.15, 0.2) is 36.5 Å². The molecule has 0 spiro atoms. The van der Waals surface area contributed by atoms with Gasteiger partial charge in [0.2, 0.25) is 0 Å². The van der Waals surface area contributed by atoms with Crippen LogP contribution in [0, 0.1) is 6.92 Å². The first kappa shape index (κ1) is 15.4. The van der Waals surface area contributed by atoms with Crippen LogP contribution >= 0.6 is 12.2 Å². The average Bonchev–Trinajstić information content (AvgIpc) is 2.90. The Labute approximate surface area is 140 Å². The Morgan fingerprint density at radius 1 is 1.30 bits per heavy atom. The molecule has 0 amide bonds. The summed E-state index contributed by atoms with van der Waals surface area (Å²) >= 11 is 5.01. The maximum atomic E-state index is 5.66. The van der Waals surface area contributed by atoms with E-state index in [4.69, 9.17) is 27.7 Å². The van der Waals surface area contributed by atoms with Gasteiger partial charge in [-0.2, -0.15) is 0 Å². The van der Waals surface area contributed by atoms with Crippen molar-refractivity contribution in [3.05, 3.63) is 42.1 Å². The third-order valence-electron chi connectivity index (χ3n) is 3.65. The second kappa shape index (κ2) is 6.34. The van der Waals surface area contributed by atoms with E-state index in [0.717, 1.165) is 33.9 Å². The van der Waals surface area contributed by atoms with Crippen molar-refractivity contribution in [2.24, 2.45) is 5.73 Å². The maximum Gasteiger partial charge on any atom is 0.160 e. The van der Waals surface area contributed by atoms with Crippen molar-refractivity contribution >= 4 is 28.4 Å². The van der Waals surface area contributed by atoms with Gasteiger partial charge in [-0.15, -0.1) is 0 Å². The normalized spacial score (nSPS) is 10.9. The van der Waals surface area contributed by atoms with Crippen LogP contribution in [-0.2, 0) is 6.54 Å². The minimum Gasteiger partial charge on any atom is -0.497 e. The zero-order valence-electron chi connectivity index (χ0n) is 13.1. The van der Waals surface area contributed by atoms with E-state index >= 15 is 0 Å². The molecule has 0 bridgehead atoms.